The number of rotatable bonds is 24. The van der Waals surface area contributed by atoms with E-state index in [1.165, 1.54) is 19.3 Å². The van der Waals surface area contributed by atoms with Crippen LogP contribution in [0.15, 0.2) is 177 Å². The van der Waals surface area contributed by atoms with Crippen molar-refractivity contribution in [2.24, 2.45) is 0 Å². The summed E-state index contributed by atoms with van der Waals surface area (Å²) in [6.45, 7) is 16.5. The fourth-order valence-electron chi connectivity index (χ4n) is 13.6. The van der Waals surface area contributed by atoms with Crippen molar-refractivity contribution in [2.45, 2.75) is 70.6 Å². The molecule has 0 amide bonds. The number of nitrogens with one attached hydrogen (secondary N) is 4. The fraction of sp³-hybridized carbons (Fsp3) is 0.361. The van der Waals surface area contributed by atoms with E-state index < -0.39 is 0 Å². The number of benzene rings is 4. The topological polar surface area (TPSA) is 225 Å². The summed E-state index contributed by atoms with van der Waals surface area (Å²) in [6, 6.07) is 43.5. The van der Waals surface area contributed by atoms with Gasteiger partial charge in [0.05, 0.1) is 48.5 Å². The molecule has 12 heterocycles. The van der Waals surface area contributed by atoms with Gasteiger partial charge in [0.1, 0.15) is 40.7 Å². The van der Waals surface area contributed by atoms with Gasteiger partial charge in [0, 0.05) is 224 Å². The second kappa shape index (κ2) is 40.2. The minimum atomic E-state index is 0.699. The number of piperidine rings is 1. The first-order valence-electron chi connectivity index (χ1n) is 38.0. The first-order valence-corrected chi connectivity index (χ1v) is 39.5. The third-order valence-corrected chi connectivity index (χ3v) is 20.4. The van der Waals surface area contributed by atoms with Crippen LogP contribution in [0.4, 0.5) is 46.0 Å². The Morgan fingerprint density at radius 1 is 0.321 bits per heavy atom. The standard InChI is InChI=1S/C21H25ClN6.C21H24ClN5.C21H23ClN4O.C20H22ClN5O/c1-27-11-13-28(14-12-27)21-7-10-25-20(26-21)3-2-8-23-18-6-9-24-19-15-16(22)4-5-17(18)19;22-16-6-7-17-18(8-11-24-19(17)15-16)23-10-4-5-20-25-12-9-21(26-20)27-13-2-1-3-14-27;22-16-6-7-18-19(8-10-24-20(18)15-16)23-9-2-4-17-3-1-5-21(25-17)26-11-13-27-14-12-26;21-15-3-4-16-17(5-8-23-18(16)14-15)22-7-1-2-19-24-9-6-20(25-19)26-10-12-27-13-11-26/h4-7,9-10,15H,2-3,8,11-14H2,1H3,(H,23,24);6-9,11-12,15H,1-5,10,13-14H2,(H,23,24);1,3,5-8,10,15H,2,4,9,11-14H2,(H,23,24);3-6,8-9,14H,1-2,7,10-13H2,(H,22,23). The van der Waals surface area contributed by atoms with Gasteiger partial charge in [-0.1, -0.05) is 52.5 Å². The molecule has 4 N–H and O–H groups in total. The molecule has 0 radical (unpaired) electrons. The Morgan fingerprint density at radius 3 is 1.01 bits per heavy atom. The van der Waals surface area contributed by atoms with Crippen LogP contribution in [0.3, 0.4) is 0 Å². The highest BCUT2D eigenvalue weighted by Gasteiger charge is 2.19. The fourth-order valence-corrected chi connectivity index (χ4v) is 14.2. The van der Waals surface area contributed by atoms with Crippen LogP contribution in [-0.2, 0) is 35.2 Å². The van der Waals surface area contributed by atoms with Gasteiger partial charge < -0.3 is 55.2 Å². The van der Waals surface area contributed by atoms with Gasteiger partial charge in [0.15, 0.2) is 0 Å². The van der Waals surface area contributed by atoms with Crippen molar-refractivity contribution < 1.29 is 9.47 Å². The summed E-state index contributed by atoms with van der Waals surface area (Å²) in [4.78, 5) is 61.5. The SMILES string of the molecule is CN1CCN(c2ccnc(CCCNc3ccnc4cc(Cl)ccc34)n2)CC1.Clc1ccc2c(NCCCc3cccc(N4CCOCC4)n3)ccnc2c1.Clc1ccc2c(NCCCc3nccc(N4CCCCC4)n3)ccnc2c1.Clc1ccc2c(NCCCc3nccc(N4CCOCC4)n3)ccnc2c1. The van der Waals surface area contributed by atoms with Crippen LogP contribution in [0.25, 0.3) is 43.6 Å². The number of hydrogen-bond donors (Lipinski definition) is 4. The minimum Gasteiger partial charge on any atom is -0.384 e. The number of fused-ring (bicyclic) bond motifs is 4. The molecule has 8 aromatic heterocycles. The lowest BCUT2D eigenvalue weighted by Crippen LogP contribution is -2.44. The number of hydrogen-bond acceptors (Lipinski definition) is 22. The highest BCUT2D eigenvalue weighted by molar-refractivity contribution is 6.32. The molecule has 0 unspecified atom stereocenters. The van der Waals surface area contributed by atoms with Crippen LogP contribution < -0.4 is 40.9 Å². The molecule has 12 aromatic rings. The van der Waals surface area contributed by atoms with Crippen molar-refractivity contribution in [1.82, 2.24) is 59.7 Å². The second-order valence-electron chi connectivity index (χ2n) is 27.2. The molecule has 16 rings (SSSR count). The first kappa shape index (κ1) is 77.5. The van der Waals surface area contributed by atoms with E-state index in [0.717, 1.165) is 282 Å². The Kier molecular flexibility index (Phi) is 28.6. The number of ether oxygens (including phenoxy) is 2. The summed E-state index contributed by atoms with van der Waals surface area (Å²) in [5.41, 5.74) is 9.07. The molecule has 26 heteroatoms. The van der Waals surface area contributed by atoms with Crippen molar-refractivity contribution in [3.8, 4) is 0 Å². The van der Waals surface area contributed by atoms with Gasteiger partial charge in [-0.15, -0.1) is 0 Å². The van der Waals surface area contributed by atoms with Crippen LogP contribution >= 0.6 is 46.4 Å². The van der Waals surface area contributed by atoms with Crippen LogP contribution in [-0.4, -0.2) is 185 Å². The second-order valence-corrected chi connectivity index (χ2v) is 29.0. The average Bonchev–Trinajstić information content (AvgIpc) is 0.830. The Balaban J connectivity index is 0.000000128. The molecule has 109 heavy (non-hydrogen) atoms. The number of pyridine rings is 5. The van der Waals surface area contributed by atoms with E-state index in [0.29, 0.717) is 20.1 Å². The Bertz CT molecular complexity index is 4530. The summed E-state index contributed by atoms with van der Waals surface area (Å²) in [6.07, 6.45) is 24.1. The zero-order valence-corrected chi connectivity index (χ0v) is 64.8. The van der Waals surface area contributed by atoms with Gasteiger partial charge in [0.2, 0.25) is 0 Å². The predicted octanol–water partition coefficient (Wildman–Crippen LogP) is 15.9. The molecule has 0 spiro atoms. The van der Waals surface area contributed by atoms with E-state index in [1.54, 1.807) is 6.20 Å². The molecule has 4 fully saturated rings. The van der Waals surface area contributed by atoms with Gasteiger partial charge in [-0.05, 0) is 186 Å². The van der Waals surface area contributed by atoms with Gasteiger partial charge >= 0.3 is 0 Å². The summed E-state index contributed by atoms with van der Waals surface area (Å²) >= 11 is 24.2. The zero-order chi connectivity index (χ0) is 74.8. The smallest absolute Gasteiger partial charge is 0.132 e. The van der Waals surface area contributed by atoms with E-state index in [-0.39, 0.29) is 0 Å². The van der Waals surface area contributed by atoms with Crippen LogP contribution in [0.2, 0.25) is 20.1 Å². The minimum absolute atomic E-state index is 0.699. The maximum absolute atomic E-state index is 6.06. The largest absolute Gasteiger partial charge is 0.384 e. The lowest BCUT2D eigenvalue weighted by Gasteiger charge is -2.33. The summed E-state index contributed by atoms with van der Waals surface area (Å²) in [5.74, 6) is 6.88. The molecule has 4 aliphatic heterocycles. The molecule has 0 bridgehead atoms. The molecule has 0 aliphatic carbocycles. The van der Waals surface area contributed by atoms with Crippen LogP contribution in [0, 0.1) is 0 Å². The molecule has 0 atom stereocenters. The number of aromatic nitrogens is 11. The van der Waals surface area contributed by atoms with Gasteiger partial charge in [-0.25, -0.2) is 34.9 Å². The van der Waals surface area contributed by atoms with Crippen molar-refractivity contribution in [1.29, 1.82) is 0 Å². The van der Waals surface area contributed by atoms with Crippen molar-refractivity contribution in [3.63, 3.8) is 0 Å². The van der Waals surface area contributed by atoms with Crippen molar-refractivity contribution in [3.05, 3.63) is 220 Å². The molecule has 0 saturated carbocycles. The predicted molar refractivity (Wildman–Crippen MR) is 446 cm³/mol. The number of piperazine rings is 1. The highest BCUT2D eigenvalue weighted by atomic mass is 35.5. The first-order chi connectivity index (χ1) is 53.6. The molecule has 4 saturated heterocycles. The zero-order valence-electron chi connectivity index (χ0n) is 61.7. The highest BCUT2D eigenvalue weighted by Crippen LogP contribution is 2.30. The van der Waals surface area contributed by atoms with E-state index >= 15 is 0 Å². The number of halogens is 4. The van der Waals surface area contributed by atoms with Crippen LogP contribution in [0.5, 0.6) is 0 Å². The van der Waals surface area contributed by atoms with E-state index in [1.807, 2.05) is 152 Å². The maximum Gasteiger partial charge on any atom is 0.132 e. The number of anilines is 8. The lowest BCUT2D eigenvalue weighted by molar-refractivity contribution is 0.122. The quantitative estimate of drug-likeness (QED) is 0.0413. The molecular weight excluding hydrogens is 1450 g/mol. The molecule has 22 nitrogen and oxygen atoms in total. The monoisotopic (exact) mass is 1540 g/mol. The summed E-state index contributed by atoms with van der Waals surface area (Å²) < 4.78 is 10.8. The van der Waals surface area contributed by atoms with E-state index in [2.05, 4.69) is 106 Å². The molecule has 566 valence electrons. The average molecular weight is 1550 g/mol. The summed E-state index contributed by atoms with van der Waals surface area (Å²) in [5, 5.41) is 21.2. The van der Waals surface area contributed by atoms with E-state index in [4.69, 9.17) is 75.8 Å². The maximum atomic E-state index is 6.06. The third kappa shape index (κ3) is 22.7. The van der Waals surface area contributed by atoms with Crippen molar-refractivity contribution >= 4 is 136 Å². The number of likely N-dealkylation sites (N-methyl/N-ethyl adjacent to an activating group) is 1. The number of aryl methyl sites for hydroxylation is 4. The number of morpholine rings is 2. The van der Waals surface area contributed by atoms with Gasteiger partial charge in [-0.3, -0.25) is 19.9 Å². The Labute approximate surface area is 657 Å². The molecular formula is C83H94Cl4N20O2. The van der Waals surface area contributed by atoms with Crippen LogP contribution in [0.1, 0.15) is 68.1 Å². The van der Waals surface area contributed by atoms with Crippen molar-refractivity contribution in [2.75, 3.05) is 166 Å². The normalized spacial score (nSPS) is 14.7. The van der Waals surface area contributed by atoms with Gasteiger partial charge in [-0.2, -0.15) is 0 Å². The third-order valence-electron chi connectivity index (χ3n) is 19.5. The number of nitrogens with zero attached hydrogens (tertiary/aromatic N) is 16. The Hall–Kier alpha value is -9.65. The lowest BCUT2D eigenvalue weighted by atomic mass is 10.1. The summed E-state index contributed by atoms with van der Waals surface area (Å²) in [7, 11) is 2.16. The molecule has 4 aromatic carbocycles. The molecule has 4 aliphatic rings. The Morgan fingerprint density at radius 2 is 0.642 bits per heavy atom. The van der Waals surface area contributed by atoms with E-state index in [9.17, 15) is 0 Å². The van der Waals surface area contributed by atoms with Gasteiger partial charge in [0.25, 0.3) is 0 Å².